The first-order chi connectivity index (χ1) is 21.8. The van der Waals surface area contributed by atoms with Crippen LogP contribution in [0.25, 0.3) is 44.7 Å². The highest BCUT2D eigenvalue weighted by Crippen LogP contribution is 2.52. The number of rotatable bonds is 4. The average Bonchev–Trinajstić information content (AvgIpc) is 3.62. The molecule has 210 valence electrons. The molecule has 0 N–H and O–H groups in total. The van der Waals surface area contributed by atoms with E-state index >= 15 is 0 Å². The van der Waals surface area contributed by atoms with Gasteiger partial charge >= 0.3 is 0 Å². The van der Waals surface area contributed by atoms with Gasteiger partial charge in [-0.25, -0.2) is 4.98 Å². The Morgan fingerprint density at radius 3 is 2.27 bits per heavy atom. The van der Waals surface area contributed by atoms with Crippen LogP contribution in [0.2, 0.25) is 0 Å². The first kappa shape index (κ1) is 25.0. The molecule has 5 nitrogen and oxygen atoms in total. The van der Waals surface area contributed by atoms with Crippen LogP contribution in [0.1, 0.15) is 30.1 Å². The predicted octanol–water partition coefficient (Wildman–Crippen LogP) is 9.10. The standard InChI is InChI=1S/C39H29N5/c1-4-14-26(15-5-1)37-40-38(27-16-6-2-7-17-27)42-39(41-37)44-34-23-13-11-21-30(34)32-25-24-31-29-20-10-12-22-33(29)43(35(31)36(32)44)28-18-8-3-9-19-28/h1,3-6,8-25,29,33H,2,7H2. The van der Waals surface area contributed by atoms with E-state index in [1.165, 1.54) is 27.7 Å². The predicted molar refractivity (Wildman–Crippen MR) is 179 cm³/mol. The number of hydrogen-bond donors (Lipinski definition) is 0. The van der Waals surface area contributed by atoms with Crippen molar-refractivity contribution in [1.82, 2.24) is 19.5 Å². The van der Waals surface area contributed by atoms with E-state index in [0.29, 0.717) is 17.6 Å². The van der Waals surface area contributed by atoms with Gasteiger partial charge in [0.1, 0.15) is 0 Å². The molecule has 1 aliphatic heterocycles. The summed E-state index contributed by atoms with van der Waals surface area (Å²) in [5, 5.41) is 2.37. The molecule has 0 spiro atoms. The molecule has 0 fully saturated rings. The van der Waals surface area contributed by atoms with Crippen LogP contribution in [-0.2, 0) is 0 Å². The second-order valence-corrected chi connectivity index (χ2v) is 11.5. The Hall–Kier alpha value is -5.55. The normalized spacial score (nSPS) is 18.5. The number of benzene rings is 4. The number of hydrogen-bond acceptors (Lipinski definition) is 4. The van der Waals surface area contributed by atoms with Crippen LogP contribution in [0.5, 0.6) is 0 Å². The first-order valence-electron chi connectivity index (χ1n) is 15.3. The summed E-state index contributed by atoms with van der Waals surface area (Å²) in [6.45, 7) is 0. The van der Waals surface area contributed by atoms with Gasteiger partial charge in [0, 0.05) is 33.5 Å². The molecule has 5 heteroatoms. The summed E-state index contributed by atoms with van der Waals surface area (Å²) >= 11 is 0. The van der Waals surface area contributed by atoms with E-state index in [9.17, 15) is 0 Å². The third-order valence-corrected chi connectivity index (χ3v) is 8.99. The fourth-order valence-corrected chi connectivity index (χ4v) is 7.04. The lowest BCUT2D eigenvalue weighted by Crippen LogP contribution is -2.28. The van der Waals surface area contributed by atoms with E-state index in [4.69, 9.17) is 15.0 Å². The molecule has 6 aromatic rings. The van der Waals surface area contributed by atoms with Gasteiger partial charge in [-0.1, -0.05) is 121 Å². The largest absolute Gasteiger partial charge is 0.332 e. The molecule has 0 bridgehead atoms. The van der Waals surface area contributed by atoms with Gasteiger partial charge in [-0.3, -0.25) is 4.57 Å². The molecule has 44 heavy (non-hydrogen) atoms. The summed E-state index contributed by atoms with van der Waals surface area (Å²) < 4.78 is 2.27. The van der Waals surface area contributed by atoms with Crippen molar-refractivity contribution in [2.75, 3.05) is 4.90 Å². The van der Waals surface area contributed by atoms with Crippen molar-refractivity contribution in [2.24, 2.45) is 0 Å². The Morgan fingerprint density at radius 2 is 1.43 bits per heavy atom. The Balaban J connectivity index is 1.39. The fourth-order valence-electron chi connectivity index (χ4n) is 7.04. The molecule has 0 saturated carbocycles. The number of fused-ring (bicyclic) bond motifs is 7. The van der Waals surface area contributed by atoms with Crippen molar-refractivity contribution in [3.05, 3.63) is 151 Å². The summed E-state index contributed by atoms with van der Waals surface area (Å²) in [7, 11) is 0. The van der Waals surface area contributed by atoms with Crippen LogP contribution < -0.4 is 4.90 Å². The minimum atomic E-state index is 0.181. The fraction of sp³-hybridized carbons (Fsp3) is 0.103. The van der Waals surface area contributed by atoms with Crippen molar-refractivity contribution in [3.8, 4) is 17.3 Å². The van der Waals surface area contributed by atoms with Gasteiger partial charge in [-0.15, -0.1) is 0 Å². The Morgan fingerprint density at radius 1 is 0.659 bits per heavy atom. The van der Waals surface area contributed by atoms with E-state index in [1.807, 2.05) is 18.2 Å². The smallest absolute Gasteiger partial charge is 0.238 e. The SMILES string of the molecule is C1=CC2c3ccc4c5ccccc5n(-c5nc(C6=CCCC=C6)nc(-c6ccccc6)n5)c4c3N(c3ccccc3)C2C=C1. The van der Waals surface area contributed by atoms with Crippen LogP contribution in [0, 0.1) is 0 Å². The van der Waals surface area contributed by atoms with Crippen molar-refractivity contribution in [2.45, 2.75) is 24.8 Å². The lowest BCUT2D eigenvalue weighted by molar-refractivity contribution is 0.745. The molecule has 2 aliphatic carbocycles. The van der Waals surface area contributed by atoms with Gasteiger partial charge in [-0.2, -0.15) is 9.97 Å². The lowest BCUT2D eigenvalue weighted by Gasteiger charge is -2.29. The van der Waals surface area contributed by atoms with Gasteiger partial charge in [0.25, 0.3) is 0 Å². The number of aromatic nitrogens is 4. The number of anilines is 2. The number of para-hydroxylation sites is 2. The summed E-state index contributed by atoms with van der Waals surface area (Å²) in [5.41, 5.74) is 7.89. The molecule has 0 radical (unpaired) electrons. The van der Waals surface area contributed by atoms with Crippen molar-refractivity contribution in [1.29, 1.82) is 0 Å². The van der Waals surface area contributed by atoms with Gasteiger partial charge in [0.05, 0.1) is 22.8 Å². The summed E-state index contributed by atoms with van der Waals surface area (Å²) in [4.78, 5) is 17.9. The van der Waals surface area contributed by atoms with Crippen LogP contribution in [-0.4, -0.2) is 25.6 Å². The van der Waals surface area contributed by atoms with E-state index in [0.717, 1.165) is 35.0 Å². The zero-order chi connectivity index (χ0) is 29.0. The molecule has 4 aromatic carbocycles. The van der Waals surface area contributed by atoms with Crippen LogP contribution in [0.15, 0.2) is 140 Å². The van der Waals surface area contributed by atoms with Crippen LogP contribution >= 0.6 is 0 Å². The maximum absolute atomic E-state index is 5.21. The maximum Gasteiger partial charge on any atom is 0.238 e. The highest BCUT2D eigenvalue weighted by atomic mass is 15.2. The van der Waals surface area contributed by atoms with E-state index < -0.39 is 0 Å². The zero-order valence-electron chi connectivity index (χ0n) is 24.1. The molecule has 0 saturated heterocycles. The summed E-state index contributed by atoms with van der Waals surface area (Å²) in [5.74, 6) is 2.24. The Labute approximate surface area is 255 Å². The molecule has 3 aliphatic rings. The molecule has 3 heterocycles. The highest BCUT2D eigenvalue weighted by Gasteiger charge is 2.40. The minimum absolute atomic E-state index is 0.181. The van der Waals surface area contributed by atoms with E-state index in [1.54, 1.807) is 0 Å². The summed E-state index contributed by atoms with van der Waals surface area (Å²) in [6, 6.07) is 34.4. The zero-order valence-corrected chi connectivity index (χ0v) is 24.1. The lowest BCUT2D eigenvalue weighted by atomic mass is 9.91. The number of nitrogens with zero attached hydrogens (tertiary/aromatic N) is 5. The monoisotopic (exact) mass is 567 g/mol. The molecular weight excluding hydrogens is 538 g/mol. The first-order valence-corrected chi connectivity index (χ1v) is 15.3. The van der Waals surface area contributed by atoms with Crippen molar-refractivity contribution >= 4 is 38.8 Å². The molecule has 2 unspecified atom stereocenters. The van der Waals surface area contributed by atoms with Crippen LogP contribution in [0.3, 0.4) is 0 Å². The molecule has 2 aromatic heterocycles. The molecule has 2 atom stereocenters. The molecule has 0 amide bonds. The Kier molecular flexibility index (Phi) is 5.69. The molecular formula is C39H29N5. The molecule has 9 rings (SSSR count). The highest BCUT2D eigenvalue weighted by molar-refractivity contribution is 6.15. The minimum Gasteiger partial charge on any atom is -0.332 e. The van der Waals surface area contributed by atoms with Gasteiger partial charge in [-0.05, 0) is 36.6 Å². The second kappa shape index (κ2) is 10.0. The van der Waals surface area contributed by atoms with Crippen LogP contribution in [0.4, 0.5) is 11.4 Å². The van der Waals surface area contributed by atoms with E-state index in [-0.39, 0.29) is 12.0 Å². The number of allylic oxidation sites excluding steroid dienone is 6. The average molecular weight is 568 g/mol. The van der Waals surface area contributed by atoms with E-state index in [2.05, 4.69) is 131 Å². The third kappa shape index (κ3) is 3.82. The summed E-state index contributed by atoms with van der Waals surface area (Å²) in [6.07, 6.45) is 17.6. The third-order valence-electron chi connectivity index (χ3n) is 8.99. The van der Waals surface area contributed by atoms with Gasteiger partial charge in [0.2, 0.25) is 5.95 Å². The van der Waals surface area contributed by atoms with Gasteiger partial charge < -0.3 is 4.90 Å². The van der Waals surface area contributed by atoms with Crippen molar-refractivity contribution < 1.29 is 0 Å². The van der Waals surface area contributed by atoms with Gasteiger partial charge in [0.15, 0.2) is 11.6 Å². The maximum atomic E-state index is 5.21. The quantitative estimate of drug-likeness (QED) is 0.213. The van der Waals surface area contributed by atoms with Crippen molar-refractivity contribution in [3.63, 3.8) is 0 Å². The second-order valence-electron chi connectivity index (χ2n) is 11.5. The topological polar surface area (TPSA) is 46.8 Å². The Bertz CT molecular complexity index is 2190.